The number of sulfonamides is 1. The number of allylic oxidation sites excluding steroid dienone is 2. The maximum atomic E-state index is 14.0. The number of methoxy groups -OCH3 is 2. The number of fused-ring (bicyclic) bond motifs is 1. The fourth-order valence-corrected chi connectivity index (χ4v) is 6.09. The Kier molecular flexibility index (Phi) is 6.99. The molecule has 7 nitrogen and oxygen atoms in total. The molecule has 37 heavy (non-hydrogen) atoms. The predicted octanol–water partition coefficient (Wildman–Crippen LogP) is 5.44. The van der Waals surface area contributed by atoms with Crippen molar-refractivity contribution in [2.45, 2.75) is 31.1 Å². The molecule has 0 bridgehead atoms. The Bertz CT molecular complexity index is 1560. The summed E-state index contributed by atoms with van der Waals surface area (Å²) in [5.74, 6) is 0.953. The van der Waals surface area contributed by atoms with Gasteiger partial charge in [-0.3, -0.25) is 0 Å². The number of ether oxygens (including phenoxy) is 2. The molecule has 1 aliphatic carbocycles. The molecule has 0 saturated heterocycles. The highest BCUT2D eigenvalue weighted by atomic mass is 32.2. The first-order valence-corrected chi connectivity index (χ1v) is 13.5. The van der Waals surface area contributed by atoms with Crippen LogP contribution in [0.3, 0.4) is 0 Å². The topological polar surface area (TPSA) is 93.3 Å². The minimum absolute atomic E-state index is 0.236. The number of rotatable bonds is 8. The maximum absolute atomic E-state index is 14.0. The predicted molar refractivity (Wildman–Crippen MR) is 142 cm³/mol. The number of H-pyrrole nitrogens is 1. The van der Waals surface area contributed by atoms with Gasteiger partial charge in [0, 0.05) is 29.4 Å². The molecule has 1 atom stereocenters. The Hall–Kier alpha value is -3.69. The van der Waals surface area contributed by atoms with Crippen LogP contribution in [0.25, 0.3) is 27.7 Å². The molecule has 1 unspecified atom stereocenters. The Morgan fingerprint density at radius 2 is 1.86 bits per heavy atom. The van der Waals surface area contributed by atoms with Gasteiger partial charge in [0.15, 0.2) is 0 Å². The summed E-state index contributed by atoms with van der Waals surface area (Å²) < 4.78 is 53.2. The molecule has 2 aromatic carbocycles. The van der Waals surface area contributed by atoms with Crippen LogP contribution in [0.1, 0.15) is 30.5 Å². The van der Waals surface area contributed by atoms with Crippen molar-refractivity contribution in [1.82, 2.24) is 14.7 Å². The van der Waals surface area contributed by atoms with Crippen molar-refractivity contribution >= 4 is 26.6 Å². The first-order valence-electron chi connectivity index (χ1n) is 12.0. The van der Waals surface area contributed by atoms with Crippen molar-refractivity contribution in [1.29, 1.82) is 0 Å². The molecule has 9 heteroatoms. The molecule has 0 radical (unpaired) electrons. The SMILES string of the molecule is COc1ccc(CNS(=O)(=O)C2CC=C(c3cc4c(-c5cc(F)ccc5OC)ccnc4[nH]3)CC2)cc1. The molecule has 0 amide bonds. The number of aromatic amines is 1. The highest BCUT2D eigenvalue weighted by Gasteiger charge is 2.28. The maximum Gasteiger partial charge on any atom is 0.215 e. The van der Waals surface area contributed by atoms with Crippen molar-refractivity contribution in [3.05, 3.63) is 83.9 Å². The van der Waals surface area contributed by atoms with Crippen LogP contribution in [-0.4, -0.2) is 37.9 Å². The monoisotopic (exact) mass is 521 g/mol. The van der Waals surface area contributed by atoms with Gasteiger partial charge in [-0.1, -0.05) is 18.2 Å². The highest BCUT2D eigenvalue weighted by molar-refractivity contribution is 7.90. The molecule has 0 aliphatic heterocycles. The second kappa shape index (κ2) is 10.4. The van der Waals surface area contributed by atoms with Gasteiger partial charge in [0.2, 0.25) is 10.0 Å². The minimum atomic E-state index is -3.48. The van der Waals surface area contributed by atoms with Crippen LogP contribution in [0.4, 0.5) is 4.39 Å². The summed E-state index contributed by atoms with van der Waals surface area (Å²) in [7, 11) is -0.331. The van der Waals surface area contributed by atoms with Crippen molar-refractivity contribution < 1.29 is 22.3 Å². The number of hydrogen-bond acceptors (Lipinski definition) is 5. The molecule has 5 rings (SSSR count). The number of nitrogens with zero attached hydrogens (tertiary/aromatic N) is 1. The van der Waals surface area contributed by atoms with E-state index in [4.69, 9.17) is 9.47 Å². The van der Waals surface area contributed by atoms with Crippen molar-refractivity contribution in [3.63, 3.8) is 0 Å². The fourth-order valence-electron chi connectivity index (χ4n) is 4.71. The third kappa shape index (κ3) is 5.23. The summed E-state index contributed by atoms with van der Waals surface area (Å²) in [6, 6.07) is 15.6. The van der Waals surface area contributed by atoms with E-state index in [-0.39, 0.29) is 12.4 Å². The van der Waals surface area contributed by atoms with Crippen LogP contribution in [0.2, 0.25) is 0 Å². The first kappa shape index (κ1) is 25.0. The van der Waals surface area contributed by atoms with Gasteiger partial charge in [0.05, 0.1) is 19.5 Å². The van der Waals surface area contributed by atoms with E-state index in [1.165, 1.54) is 12.1 Å². The number of pyridine rings is 1. The Labute approximate surface area is 215 Å². The summed E-state index contributed by atoms with van der Waals surface area (Å²) in [5.41, 5.74) is 4.92. The average Bonchev–Trinajstić information content (AvgIpc) is 3.37. The van der Waals surface area contributed by atoms with Gasteiger partial charge in [-0.05, 0) is 78.4 Å². The van der Waals surface area contributed by atoms with E-state index >= 15 is 0 Å². The lowest BCUT2D eigenvalue weighted by atomic mass is 9.96. The second-order valence-corrected chi connectivity index (χ2v) is 11.0. The summed E-state index contributed by atoms with van der Waals surface area (Å²) in [6.07, 6.45) is 5.19. The van der Waals surface area contributed by atoms with Crippen LogP contribution in [0.15, 0.2) is 66.9 Å². The minimum Gasteiger partial charge on any atom is -0.497 e. The van der Waals surface area contributed by atoms with E-state index in [0.717, 1.165) is 33.5 Å². The van der Waals surface area contributed by atoms with Gasteiger partial charge in [-0.15, -0.1) is 0 Å². The zero-order valence-electron chi connectivity index (χ0n) is 20.6. The summed E-state index contributed by atoms with van der Waals surface area (Å²) in [5, 5.41) is 0.349. The Balaban J connectivity index is 1.34. The quantitative estimate of drug-likeness (QED) is 0.322. The standard InChI is InChI=1S/C28H28FN3O4S/c1-35-21-8-3-18(4-9-21)17-31-37(33,34)22-10-5-19(6-11-22)26-16-25-23(13-14-30-28(25)32-26)24-15-20(29)7-12-27(24)36-2/h3-5,7-9,12-16,22,31H,6,10-11,17H2,1-2H3,(H,30,32). The lowest BCUT2D eigenvalue weighted by molar-refractivity contribution is 0.414. The highest BCUT2D eigenvalue weighted by Crippen LogP contribution is 2.37. The van der Waals surface area contributed by atoms with Crippen LogP contribution in [0, 0.1) is 5.82 Å². The van der Waals surface area contributed by atoms with Gasteiger partial charge < -0.3 is 14.5 Å². The van der Waals surface area contributed by atoms with E-state index in [2.05, 4.69) is 14.7 Å². The smallest absolute Gasteiger partial charge is 0.215 e. The number of hydrogen-bond donors (Lipinski definition) is 2. The molecule has 192 valence electrons. The van der Waals surface area contributed by atoms with E-state index < -0.39 is 15.3 Å². The lowest BCUT2D eigenvalue weighted by Gasteiger charge is -2.22. The van der Waals surface area contributed by atoms with Gasteiger partial charge in [-0.25, -0.2) is 22.5 Å². The van der Waals surface area contributed by atoms with E-state index in [0.29, 0.717) is 36.2 Å². The normalized spacial score (nSPS) is 16.0. The van der Waals surface area contributed by atoms with E-state index in [9.17, 15) is 12.8 Å². The summed E-state index contributed by atoms with van der Waals surface area (Å²) in [6.45, 7) is 0.236. The van der Waals surface area contributed by atoms with Crippen molar-refractivity contribution in [2.24, 2.45) is 0 Å². The van der Waals surface area contributed by atoms with Gasteiger partial charge in [-0.2, -0.15) is 0 Å². The number of aromatic nitrogens is 2. The molecular formula is C28H28FN3O4S. The number of nitrogens with one attached hydrogen (secondary N) is 2. The molecule has 0 spiro atoms. The summed E-state index contributed by atoms with van der Waals surface area (Å²) >= 11 is 0. The third-order valence-corrected chi connectivity index (χ3v) is 8.62. The van der Waals surface area contributed by atoms with Crippen molar-refractivity contribution in [2.75, 3.05) is 14.2 Å². The Morgan fingerprint density at radius 1 is 1.05 bits per heavy atom. The molecular weight excluding hydrogens is 493 g/mol. The molecule has 0 saturated carbocycles. The molecule has 2 heterocycles. The van der Waals surface area contributed by atoms with Gasteiger partial charge in [0.1, 0.15) is 23.0 Å². The first-order chi connectivity index (χ1) is 17.9. The largest absolute Gasteiger partial charge is 0.497 e. The molecule has 2 aromatic heterocycles. The van der Waals surface area contributed by atoms with Crippen LogP contribution < -0.4 is 14.2 Å². The second-order valence-electron chi connectivity index (χ2n) is 8.99. The number of halogens is 1. The Morgan fingerprint density at radius 3 is 2.57 bits per heavy atom. The zero-order valence-corrected chi connectivity index (χ0v) is 21.4. The van der Waals surface area contributed by atoms with Crippen LogP contribution >= 0.6 is 0 Å². The van der Waals surface area contributed by atoms with E-state index in [1.807, 2.05) is 42.5 Å². The average molecular weight is 522 g/mol. The third-order valence-electron chi connectivity index (χ3n) is 6.77. The van der Waals surface area contributed by atoms with Crippen LogP contribution in [0.5, 0.6) is 11.5 Å². The van der Waals surface area contributed by atoms with Crippen LogP contribution in [-0.2, 0) is 16.6 Å². The molecule has 1 aliphatic rings. The van der Waals surface area contributed by atoms with E-state index in [1.54, 1.807) is 26.5 Å². The van der Waals surface area contributed by atoms with Gasteiger partial charge >= 0.3 is 0 Å². The van der Waals surface area contributed by atoms with Crippen molar-refractivity contribution in [3.8, 4) is 22.6 Å². The zero-order chi connectivity index (χ0) is 26.0. The van der Waals surface area contributed by atoms with Gasteiger partial charge in [0.25, 0.3) is 0 Å². The lowest BCUT2D eigenvalue weighted by Crippen LogP contribution is -2.34. The molecule has 2 N–H and O–H groups in total. The fraction of sp³-hybridized carbons (Fsp3) is 0.250. The number of benzene rings is 2. The molecule has 0 fully saturated rings. The summed E-state index contributed by atoms with van der Waals surface area (Å²) in [4.78, 5) is 7.80. The molecule has 4 aromatic rings.